The third-order valence-electron chi connectivity index (χ3n) is 3.56. The molecule has 1 aromatic heterocycles. The average Bonchev–Trinajstić information content (AvgIpc) is 3.03. The van der Waals surface area contributed by atoms with Crippen LogP contribution in [0, 0.1) is 0 Å². The Bertz CT molecular complexity index is 623. The van der Waals surface area contributed by atoms with Gasteiger partial charge in [0.1, 0.15) is 0 Å². The van der Waals surface area contributed by atoms with Gasteiger partial charge in [-0.1, -0.05) is 0 Å². The number of rotatable bonds is 5. The molecular formula is C15H19N3O4. The van der Waals surface area contributed by atoms with Crippen LogP contribution in [0.2, 0.25) is 0 Å². The van der Waals surface area contributed by atoms with Crippen molar-refractivity contribution in [3.63, 3.8) is 0 Å². The summed E-state index contributed by atoms with van der Waals surface area (Å²) in [5.74, 6) is 2.38. The molecule has 0 bridgehead atoms. The molecule has 0 unspecified atom stereocenters. The van der Waals surface area contributed by atoms with Crippen LogP contribution in [0.1, 0.15) is 5.89 Å². The zero-order valence-electron chi connectivity index (χ0n) is 12.7. The lowest BCUT2D eigenvalue weighted by Crippen LogP contribution is -2.35. The van der Waals surface area contributed by atoms with E-state index in [4.69, 9.17) is 18.6 Å². The fourth-order valence-corrected chi connectivity index (χ4v) is 2.35. The summed E-state index contributed by atoms with van der Waals surface area (Å²) < 4.78 is 21.6. The molecule has 1 aliphatic heterocycles. The molecule has 2 aromatic rings. The summed E-state index contributed by atoms with van der Waals surface area (Å²) in [5.41, 5.74) is 0.804. The summed E-state index contributed by atoms with van der Waals surface area (Å²) in [5, 5.41) is 8.23. The first-order valence-electron chi connectivity index (χ1n) is 7.15. The van der Waals surface area contributed by atoms with Gasteiger partial charge in [-0.25, -0.2) is 0 Å². The molecule has 118 valence electrons. The van der Waals surface area contributed by atoms with Crippen LogP contribution in [0.4, 0.5) is 0 Å². The van der Waals surface area contributed by atoms with Crippen molar-refractivity contribution in [2.75, 3.05) is 40.5 Å². The molecule has 0 aliphatic carbocycles. The van der Waals surface area contributed by atoms with Gasteiger partial charge in [-0.2, -0.15) is 0 Å². The zero-order chi connectivity index (χ0) is 15.4. The third kappa shape index (κ3) is 3.20. The van der Waals surface area contributed by atoms with Crippen molar-refractivity contribution in [2.24, 2.45) is 0 Å². The van der Waals surface area contributed by atoms with Crippen LogP contribution in [-0.4, -0.2) is 55.6 Å². The van der Waals surface area contributed by atoms with E-state index in [1.807, 2.05) is 18.2 Å². The van der Waals surface area contributed by atoms with Crippen LogP contribution in [0.15, 0.2) is 22.6 Å². The summed E-state index contributed by atoms with van der Waals surface area (Å²) >= 11 is 0. The smallest absolute Gasteiger partial charge is 0.247 e. The van der Waals surface area contributed by atoms with Gasteiger partial charge in [0.15, 0.2) is 11.5 Å². The standard InChI is InChI=1S/C15H19N3O4/c1-19-12-4-3-11(9-13(12)20-2)15-17-16-14(22-15)10-18-5-7-21-8-6-18/h3-4,9H,5-8,10H2,1-2H3. The molecule has 22 heavy (non-hydrogen) atoms. The van der Waals surface area contributed by atoms with Crippen molar-refractivity contribution < 1.29 is 18.6 Å². The molecule has 7 heteroatoms. The third-order valence-corrected chi connectivity index (χ3v) is 3.56. The molecule has 2 heterocycles. The average molecular weight is 305 g/mol. The largest absolute Gasteiger partial charge is 0.493 e. The fraction of sp³-hybridized carbons (Fsp3) is 0.467. The zero-order valence-corrected chi connectivity index (χ0v) is 12.7. The number of ether oxygens (including phenoxy) is 3. The molecule has 7 nitrogen and oxygen atoms in total. The Balaban J connectivity index is 1.75. The Morgan fingerprint density at radius 2 is 1.86 bits per heavy atom. The Kier molecular flexibility index (Phi) is 4.55. The van der Waals surface area contributed by atoms with E-state index < -0.39 is 0 Å². The first-order valence-corrected chi connectivity index (χ1v) is 7.15. The van der Waals surface area contributed by atoms with Crippen LogP contribution < -0.4 is 9.47 Å². The molecular weight excluding hydrogens is 286 g/mol. The summed E-state index contributed by atoms with van der Waals surface area (Å²) in [6, 6.07) is 5.51. The van der Waals surface area contributed by atoms with Crippen LogP contribution >= 0.6 is 0 Å². The second-order valence-electron chi connectivity index (χ2n) is 4.96. The monoisotopic (exact) mass is 305 g/mol. The van der Waals surface area contributed by atoms with Crippen molar-refractivity contribution in [1.82, 2.24) is 15.1 Å². The summed E-state index contributed by atoms with van der Waals surface area (Å²) in [6.07, 6.45) is 0. The normalized spacial score (nSPS) is 15.7. The lowest BCUT2D eigenvalue weighted by molar-refractivity contribution is 0.0306. The van der Waals surface area contributed by atoms with E-state index in [1.54, 1.807) is 14.2 Å². The molecule has 1 fully saturated rings. The van der Waals surface area contributed by atoms with Crippen molar-refractivity contribution >= 4 is 0 Å². The molecule has 0 spiro atoms. The Labute approximate surface area is 128 Å². The van der Waals surface area contributed by atoms with Gasteiger partial charge in [0.2, 0.25) is 11.8 Å². The number of nitrogens with zero attached hydrogens (tertiary/aromatic N) is 3. The number of morpholine rings is 1. The van der Waals surface area contributed by atoms with Crippen molar-refractivity contribution in [1.29, 1.82) is 0 Å². The quantitative estimate of drug-likeness (QED) is 0.830. The van der Waals surface area contributed by atoms with E-state index in [9.17, 15) is 0 Å². The van der Waals surface area contributed by atoms with E-state index in [0.29, 0.717) is 29.8 Å². The number of hydrogen-bond donors (Lipinski definition) is 0. The molecule has 0 N–H and O–H groups in total. The number of aromatic nitrogens is 2. The van der Waals surface area contributed by atoms with E-state index >= 15 is 0 Å². The van der Waals surface area contributed by atoms with E-state index in [0.717, 1.165) is 31.9 Å². The molecule has 1 aromatic carbocycles. The molecule has 0 saturated carbocycles. The maximum absolute atomic E-state index is 5.74. The molecule has 0 amide bonds. The van der Waals surface area contributed by atoms with Gasteiger partial charge in [0, 0.05) is 18.7 Å². The SMILES string of the molecule is COc1ccc(-c2nnc(CN3CCOCC3)o2)cc1OC. The first-order chi connectivity index (χ1) is 10.8. The van der Waals surface area contributed by atoms with Gasteiger partial charge < -0.3 is 18.6 Å². The van der Waals surface area contributed by atoms with Gasteiger partial charge in [-0.3, -0.25) is 4.90 Å². The van der Waals surface area contributed by atoms with Crippen molar-refractivity contribution in [2.45, 2.75) is 6.54 Å². The minimum Gasteiger partial charge on any atom is -0.493 e. The summed E-state index contributed by atoms with van der Waals surface area (Å²) in [7, 11) is 3.20. The Morgan fingerprint density at radius 1 is 1.09 bits per heavy atom. The highest BCUT2D eigenvalue weighted by Gasteiger charge is 2.16. The van der Waals surface area contributed by atoms with Gasteiger partial charge in [-0.05, 0) is 18.2 Å². The predicted octanol–water partition coefficient (Wildman–Crippen LogP) is 1.59. The highest BCUT2D eigenvalue weighted by Crippen LogP contribution is 2.31. The highest BCUT2D eigenvalue weighted by atomic mass is 16.5. The van der Waals surface area contributed by atoms with E-state index in [-0.39, 0.29) is 0 Å². The Hall–Kier alpha value is -2.12. The van der Waals surface area contributed by atoms with Crippen LogP contribution in [0.5, 0.6) is 11.5 Å². The summed E-state index contributed by atoms with van der Waals surface area (Å²) in [4.78, 5) is 2.23. The number of methoxy groups -OCH3 is 2. The molecule has 1 saturated heterocycles. The topological polar surface area (TPSA) is 69.9 Å². The van der Waals surface area contributed by atoms with Gasteiger partial charge in [0.25, 0.3) is 0 Å². The van der Waals surface area contributed by atoms with Crippen molar-refractivity contribution in [3.8, 4) is 23.0 Å². The second kappa shape index (κ2) is 6.76. The second-order valence-corrected chi connectivity index (χ2v) is 4.96. The first kappa shape index (κ1) is 14.8. The number of benzene rings is 1. The Morgan fingerprint density at radius 3 is 2.59 bits per heavy atom. The molecule has 0 atom stereocenters. The van der Waals surface area contributed by atoms with Crippen LogP contribution in [-0.2, 0) is 11.3 Å². The van der Waals surface area contributed by atoms with Gasteiger partial charge in [0.05, 0.1) is 34.0 Å². The maximum atomic E-state index is 5.74. The predicted molar refractivity (Wildman–Crippen MR) is 78.9 cm³/mol. The van der Waals surface area contributed by atoms with Gasteiger partial charge >= 0.3 is 0 Å². The molecule has 1 aliphatic rings. The molecule has 3 rings (SSSR count). The van der Waals surface area contributed by atoms with Crippen molar-refractivity contribution in [3.05, 3.63) is 24.1 Å². The lowest BCUT2D eigenvalue weighted by atomic mass is 10.2. The fourth-order valence-electron chi connectivity index (χ4n) is 2.35. The van der Waals surface area contributed by atoms with Crippen LogP contribution in [0.3, 0.4) is 0 Å². The molecule has 0 radical (unpaired) electrons. The van der Waals surface area contributed by atoms with E-state index in [1.165, 1.54) is 0 Å². The highest BCUT2D eigenvalue weighted by molar-refractivity contribution is 5.59. The summed E-state index contributed by atoms with van der Waals surface area (Å²) in [6.45, 7) is 3.90. The van der Waals surface area contributed by atoms with Gasteiger partial charge in [-0.15, -0.1) is 10.2 Å². The minimum absolute atomic E-state index is 0.476. The van der Waals surface area contributed by atoms with E-state index in [2.05, 4.69) is 15.1 Å². The van der Waals surface area contributed by atoms with Crippen LogP contribution in [0.25, 0.3) is 11.5 Å². The minimum atomic E-state index is 0.476. The number of hydrogen-bond acceptors (Lipinski definition) is 7. The lowest BCUT2D eigenvalue weighted by Gasteiger charge is -2.24. The maximum Gasteiger partial charge on any atom is 0.247 e.